The molecular weight excluding hydrogens is 332 g/mol. The number of aliphatic hydroxyl groups excluding tert-OH is 1. The van der Waals surface area contributed by atoms with Gasteiger partial charge in [0.05, 0.1) is 30.7 Å². The smallest absolute Gasteiger partial charge is 0.406 e. The average Bonchev–Trinajstić information content (AvgIpc) is 3.38. The molecule has 2 heterocycles. The van der Waals surface area contributed by atoms with E-state index in [9.17, 15) is 9.90 Å². The second-order valence-electron chi connectivity index (χ2n) is 8.26. The van der Waals surface area contributed by atoms with E-state index in [1.54, 1.807) is 17.0 Å². The van der Waals surface area contributed by atoms with Crippen molar-refractivity contribution < 1.29 is 19.2 Å². The van der Waals surface area contributed by atoms with Gasteiger partial charge in [0.2, 0.25) is 0 Å². The van der Waals surface area contributed by atoms with Crippen molar-refractivity contribution in [3.05, 3.63) is 23.8 Å². The lowest BCUT2D eigenvalue weighted by atomic mass is 10.2. The van der Waals surface area contributed by atoms with Crippen LogP contribution in [0.25, 0.3) is 0 Å². The number of aromatic nitrogens is 2. The van der Waals surface area contributed by atoms with Crippen LogP contribution in [0.5, 0.6) is 0 Å². The molecule has 0 spiro atoms. The Bertz CT molecular complexity index is 690. The number of ether oxygens (including phenoxy) is 1. The fraction of sp³-hybridized carbons (Fsp3) is 0.684. The van der Waals surface area contributed by atoms with Gasteiger partial charge in [0, 0.05) is 25.6 Å². The summed E-state index contributed by atoms with van der Waals surface area (Å²) < 4.78 is 7.13. The molecule has 1 aliphatic carbocycles. The summed E-state index contributed by atoms with van der Waals surface area (Å²) in [6, 6.07) is 0. The van der Waals surface area contributed by atoms with Gasteiger partial charge < -0.3 is 9.84 Å². The predicted molar refractivity (Wildman–Crippen MR) is 97.4 cm³/mol. The molecule has 0 bridgehead atoms. The monoisotopic (exact) mass is 361 g/mol. The number of nitrogens with zero attached hydrogens (tertiary/aromatic N) is 4. The third kappa shape index (κ3) is 4.86. The molecule has 1 unspecified atom stereocenters. The van der Waals surface area contributed by atoms with E-state index in [2.05, 4.69) is 14.9 Å². The van der Waals surface area contributed by atoms with E-state index in [1.165, 1.54) is 12.8 Å². The van der Waals surface area contributed by atoms with E-state index in [0.717, 1.165) is 11.4 Å². The second-order valence-corrected chi connectivity index (χ2v) is 8.26. The molecule has 1 N–H and O–H groups in total. The number of amides is 1. The first-order valence-corrected chi connectivity index (χ1v) is 9.28. The van der Waals surface area contributed by atoms with Crippen LogP contribution in [0.2, 0.25) is 0 Å². The first kappa shape index (κ1) is 18.9. The summed E-state index contributed by atoms with van der Waals surface area (Å²) in [5.74, 6) is 0.562. The topological polar surface area (TPSA) is 78.6 Å². The van der Waals surface area contributed by atoms with Crippen molar-refractivity contribution in [3.8, 4) is 0 Å². The first-order valence-electron chi connectivity index (χ1n) is 9.28. The fourth-order valence-electron chi connectivity index (χ4n) is 3.09. The fourth-order valence-corrected chi connectivity index (χ4v) is 3.09. The number of carbonyl (C=O) groups excluding carboxylic acids is 1. The van der Waals surface area contributed by atoms with Crippen LogP contribution in [-0.4, -0.2) is 68.1 Å². The van der Waals surface area contributed by atoms with Crippen LogP contribution >= 0.6 is 0 Å². The lowest BCUT2D eigenvalue weighted by molar-refractivity contribution is -0.458. The molecule has 0 radical (unpaired) electrons. The molecule has 1 aliphatic heterocycles. The van der Waals surface area contributed by atoms with E-state index in [0.29, 0.717) is 37.8 Å². The molecule has 3 rings (SSSR count). The number of carbonyl (C=O) groups is 1. The van der Waals surface area contributed by atoms with Crippen LogP contribution in [-0.2, 0) is 4.74 Å². The minimum Gasteiger partial charge on any atom is -0.406 e. The van der Waals surface area contributed by atoms with Gasteiger partial charge in [-0.15, -0.1) is 4.58 Å². The van der Waals surface area contributed by atoms with Gasteiger partial charge in [0.25, 0.3) is 0 Å². The Balaban J connectivity index is 1.57. The summed E-state index contributed by atoms with van der Waals surface area (Å²) in [5, 5.41) is 10.5. The van der Waals surface area contributed by atoms with Crippen molar-refractivity contribution in [1.29, 1.82) is 0 Å². The lowest BCUT2D eigenvalue weighted by Gasteiger charge is -2.27. The Hall–Kier alpha value is -1.86. The molecule has 1 atom stereocenters. The van der Waals surface area contributed by atoms with Crippen molar-refractivity contribution in [1.82, 2.24) is 14.9 Å². The van der Waals surface area contributed by atoms with Crippen LogP contribution < -0.4 is 0 Å². The highest BCUT2D eigenvalue weighted by Gasteiger charge is 2.33. The Morgan fingerprint density at radius 1 is 1.38 bits per heavy atom. The molecule has 26 heavy (non-hydrogen) atoms. The zero-order valence-corrected chi connectivity index (χ0v) is 16.1. The lowest BCUT2D eigenvalue weighted by Crippen LogP contribution is -2.48. The SMILES string of the molecule is CC1=[N+](C(=O)OC(C)(C)C)CCN(CC(O)c2cnc(C3CC3)cn2)C1. The summed E-state index contributed by atoms with van der Waals surface area (Å²) >= 11 is 0. The van der Waals surface area contributed by atoms with Crippen LogP contribution in [0.1, 0.15) is 63.9 Å². The Kier molecular flexibility index (Phi) is 5.39. The summed E-state index contributed by atoms with van der Waals surface area (Å²) in [6.07, 6.45) is 4.86. The molecule has 2 aliphatic rings. The van der Waals surface area contributed by atoms with Crippen LogP contribution in [0.3, 0.4) is 0 Å². The zero-order chi connectivity index (χ0) is 18.9. The molecule has 1 saturated carbocycles. The first-order chi connectivity index (χ1) is 12.2. The Labute approximate surface area is 154 Å². The molecule has 1 aromatic rings. The van der Waals surface area contributed by atoms with Crippen molar-refractivity contribution in [2.45, 2.75) is 58.2 Å². The minimum absolute atomic E-state index is 0.309. The van der Waals surface area contributed by atoms with Crippen molar-refractivity contribution in [2.24, 2.45) is 0 Å². The maximum Gasteiger partial charge on any atom is 0.596 e. The van der Waals surface area contributed by atoms with E-state index in [-0.39, 0.29) is 6.09 Å². The van der Waals surface area contributed by atoms with Gasteiger partial charge in [-0.05, 0) is 33.6 Å². The molecule has 7 nitrogen and oxygen atoms in total. The second kappa shape index (κ2) is 7.40. The quantitative estimate of drug-likeness (QED) is 0.828. The van der Waals surface area contributed by atoms with Crippen LogP contribution in [0.4, 0.5) is 4.79 Å². The highest BCUT2D eigenvalue weighted by molar-refractivity contribution is 5.83. The van der Waals surface area contributed by atoms with Gasteiger partial charge in [-0.3, -0.25) is 14.9 Å². The third-order valence-corrected chi connectivity index (χ3v) is 4.63. The average molecular weight is 361 g/mol. The molecule has 7 heteroatoms. The summed E-state index contributed by atoms with van der Waals surface area (Å²) in [5.41, 5.74) is 2.04. The number of hydrogen-bond donors (Lipinski definition) is 1. The summed E-state index contributed by atoms with van der Waals surface area (Å²) in [4.78, 5) is 23.2. The van der Waals surface area contributed by atoms with Crippen LogP contribution in [0.15, 0.2) is 12.4 Å². The van der Waals surface area contributed by atoms with Gasteiger partial charge in [0.1, 0.15) is 11.7 Å². The van der Waals surface area contributed by atoms with E-state index in [1.807, 2.05) is 27.7 Å². The van der Waals surface area contributed by atoms with E-state index in [4.69, 9.17) is 4.74 Å². The molecule has 0 aromatic carbocycles. The molecule has 0 saturated heterocycles. The van der Waals surface area contributed by atoms with Crippen molar-refractivity contribution >= 4 is 11.8 Å². The summed E-state index contributed by atoms with van der Waals surface area (Å²) in [6.45, 7) is 9.83. The van der Waals surface area contributed by atoms with E-state index < -0.39 is 11.7 Å². The standard InChI is InChI=1S/C19H29N4O3/c1-13-11-22(7-8-23(13)18(25)26-19(2,3)4)12-17(24)16-10-20-15(9-21-16)14-5-6-14/h9-10,14,17,24H,5-8,11-12H2,1-4H3/q+1. The molecule has 142 valence electrons. The molecule has 1 fully saturated rings. The Morgan fingerprint density at radius 3 is 2.65 bits per heavy atom. The summed E-state index contributed by atoms with van der Waals surface area (Å²) in [7, 11) is 0. The number of β-amino-alcohol motifs (C(OH)–C–C–N with tert-alkyl or cyclic N) is 1. The maximum absolute atomic E-state index is 12.3. The molecule has 1 amide bonds. The maximum atomic E-state index is 12.3. The third-order valence-electron chi connectivity index (χ3n) is 4.63. The van der Waals surface area contributed by atoms with Gasteiger partial charge >= 0.3 is 6.09 Å². The predicted octanol–water partition coefficient (Wildman–Crippen LogP) is 2.11. The van der Waals surface area contributed by atoms with Crippen molar-refractivity contribution in [3.63, 3.8) is 0 Å². The van der Waals surface area contributed by atoms with Gasteiger partial charge in [-0.25, -0.2) is 0 Å². The van der Waals surface area contributed by atoms with E-state index >= 15 is 0 Å². The van der Waals surface area contributed by atoms with Gasteiger partial charge in [-0.1, -0.05) is 0 Å². The highest BCUT2D eigenvalue weighted by Crippen LogP contribution is 2.38. The minimum atomic E-state index is -0.684. The number of aliphatic hydroxyl groups is 1. The van der Waals surface area contributed by atoms with Gasteiger partial charge in [0.15, 0.2) is 12.3 Å². The highest BCUT2D eigenvalue weighted by atomic mass is 16.6. The normalized spacial score (nSPS) is 20.2. The van der Waals surface area contributed by atoms with Crippen LogP contribution in [0, 0.1) is 0 Å². The Morgan fingerprint density at radius 2 is 2.12 bits per heavy atom. The number of rotatable bonds is 4. The molecular formula is C19H29N4O3+. The zero-order valence-electron chi connectivity index (χ0n) is 16.1. The molecule has 1 aromatic heterocycles. The van der Waals surface area contributed by atoms with Gasteiger partial charge in [-0.2, -0.15) is 4.79 Å². The largest absolute Gasteiger partial charge is 0.596 e. The number of hydrogen-bond acceptors (Lipinski definition) is 6. The van der Waals surface area contributed by atoms with Crippen molar-refractivity contribution in [2.75, 3.05) is 26.2 Å².